The molecule has 0 aliphatic heterocycles. The van der Waals surface area contributed by atoms with Gasteiger partial charge in [0.1, 0.15) is 6.61 Å². The van der Waals surface area contributed by atoms with E-state index in [1.807, 2.05) is 25.1 Å². The Morgan fingerprint density at radius 3 is 2.63 bits per heavy atom. The van der Waals surface area contributed by atoms with Gasteiger partial charge in [0.15, 0.2) is 11.5 Å². The van der Waals surface area contributed by atoms with Crippen molar-refractivity contribution in [2.24, 2.45) is 0 Å². The maximum atomic E-state index is 5.94. The van der Waals surface area contributed by atoms with Crippen LogP contribution in [-0.2, 0) is 6.61 Å². The zero-order chi connectivity index (χ0) is 13.8. The Morgan fingerprint density at radius 2 is 1.89 bits per heavy atom. The molecule has 0 amide bonds. The Hall–Kier alpha value is -1.87. The normalized spacial score (nSPS) is 10.3. The summed E-state index contributed by atoms with van der Waals surface area (Å²) in [4.78, 5) is 0. The van der Waals surface area contributed by atoms with E-state index in [1.165, 1.54) is 0 Å². The summed E-state index contributed by atoms with van der Waals surface area (Å²) < 4.78 is 11.0. The fraction of sp³-hybridized carbons (Fsp3) is 0.200. The van der Waals surface area contributed by atoms with Crippen molar-refractivity contribution in [3.63, 3.8) is 0 Å². The maximum absolute atomic E-state index is 5.94. The molecule has 0 aromatic heterocycles. The number of hydrogen-bond donors (Lipinski definition) is 1. The number of nitrogen functional groups attached to an aromatic ring is 1. The van der Waals surface area contributed by atoms with Crippen molar-refractivity contribution in [2.75, 3.05) is 12.8 Å². The lowest BCUT2D eigenvalue weighted by atomic mass is 10.2. The van der Waals surface area contributed by atoms with Gasteiger partial charge >= 0.3 is 0 Å². The second-order valence-electron chi connectivity index (χ2n) is 4.29. The van der Waals surface area contributed by atoms with Gasteiger partial charge in [-0.05, 0) is 42.8 Å². The molecule has 0 atom stereocenters. The second-order valence-corrected chi connectivity index (χ2v) is 4.72. The van der Waals surface area contributed by atoms with E-state index >= 15 is 0 Å². The standard InChI is InChI=1S/C15H16ClNO2/c1-10-3-6-14(15(7-10)18-2)19-9-11-8-12(16)4-5-13(11)17/h3-8H,9,17H2,1-2H3. The molecule has 2 aromatic rings. The Morgan fingerprint density at radius 1 is 1.11 bits per heavy atom. The first-order valence-corrected chi connectivity index (χ1v) is 6.29. The third-order valence-corrected chi connectivity index (χ3v) is 3.04. The predicted molar refractivity (Wildman–Crippen MR) is 77.9 cm³/mol. The average molecular weight is 278 g/mol. The molecule has 2 aromatic carbocycles. The van der Waals surface area contributed by atoms with Gasteiger partial charge in [-0.25, -0.2) is 0 Å². The molecule has 0 bridgehead atoms. The van der Waals surface area contributed by atoms with E-state index in [-0.39, 0.29) is 0 Å². The van der Waals surface area contributed by atoms with Crippen molar-refractivity contribution in [3.8, 4) is 11.5 Å². The lowest BCUT2D eigenvalue weighted by Crippen LogP contribution is -2.01. The minimum atomic E-state index is 0.353. The minimum absolute atomic E-state index is 0.353. The van der Waals surface area contributed by atoms with Crippen molar-refractivity contribution >= 4 is 17.3 Å². The smallest absolute Gasteiger partial charge is 0.161 e. The number of hydrogen-bond acceptors (Lipinski definition) is 3. The molecule has 2 N–H and O–H groups in total. The van der Waals surface area contributed by atoms with Crippen LogP contribution >= 0.6 is 11.6 Å². The number of ether oxygens (including phenoxy) is 2. The van der Waals surface area contributed by atoms with E-state index in [4.69, 9.17) is 26.8 Å². The number of nitrogens with two attached hydrogens (primary N) is 1. The monoisotopic (exact) mass is 277 g/mol. The topological polar surface area (TPSA) is 44.5 Å². The van der Waals surface area contributed by atoms with Gasteiger partial charge in [0.25, 0.3) is 0 Å². The molecular formula is C15H16ClNO2. The van der Waals surface area contributed by atoms with Gasteiger partial charge in [0, 0.05) is 16.3 Å². The number of anilines is 1. The quantitative estimate of drug-likeness (QED) is 0.864. The number of aryl methyl sites for hydroxylation is 1. The average Bonchev–Trinajstić information content (AvgIpc) is 2.40. The van der Waals surface area contributed by atoms with Crippen LogP contribution in [0.3, 0.4) is 0 Å². The Bertz CT molecular complexity index is 584. The number of halogens is 1. The van der Waals surface area contributed by atoms with Crippen molar-refractivity contribution in [1.82, 2.24) is 0 Å². The summed E-state index contributed by atoms with van der Waals surface area (Å²) in [6.07, 6.45) is 0. The van der Waals surface area contributed by atoms with Crippen LogP contribution in [0.4, 0.5) is 5.69 Å². The second kappa shape index (κ2) is 5.85. The molecule has 0 aliphatic carbocycles. The summed E-state index contributed by atoms with van der Waals surface area (Å²) in [5.41, 5.74) is 8.51. The van der Waals surface area contributed by atoms with E-state index in [0.717, 1.165) is 11.1 Å². The van der Waals surface area contributed by atoms with Crippen LogP contribution in [0.25, 0.3) is 0 Å². The van der Waals surface area contributed by atoms with Crippen LogP contribution in [-0.4, -0.2) is 7.11 Å². The highest BCUT2D eigenvalue weighted by Crippen LogP contribution is 2.29. The lowest BCUT2D eigenvalue weighted by molar-refractivity contribution is 0.285. The molecule has 0 saturated carbocycles. The van der Waals surface area contributed by atoms with E-state index in [1.54, 1.807) is 25.3 Å². The summed E-state index contributed by atoms with van der Waals surface area (Å²) in [6.45, 7) is 2.35. The van der Waals surface area contributed by atoms with Crippen LogP contribution in [0.2, 0.25) is 5.02 Å². The number of rotatable bonds is 4. The Balaban J connectivity index is 2.16. The summed E-state index contributed by atoms with van der Waals surface area (Å²) >= 11 is 5.94. The molecule has 0 fully saturated rings. The van der Waals surface area contributed by atoms with E-state index < -0.39 is 0 Å². The first-order valence-electron chi connectivity index (χ1n) is 5.91. The molecule has 0 saturated heterocycles. The third kappa shape index (κ3) is 3.32. The van der Waals surface area contributed by atoms with Gasteiger partial charge in [-0.15, -0.1) is 0 Å². The number of methoxy groups -OCH3 is 1. The number of benzene rings is 2. The van der Waals surface area contributed by atoms with Crippen LogP contribution in [0, 0.1) is 6.92 Å². The van der Waals surface area contributed by atoms with Gasteiger partial charge in [0.2, 0.25) is 0 Å². The third-order valence-electron chi connectivity index (χ3n) is 2.81. The van der Waals surface area contributed by atoms with E-state index in [2.05, 4.69) is 0 Å². The van der Waals surface area contributed by atoms with Gasteiger partial charge < -0.3 is 15.2 Å². The fourth-order valence-electron chi connectivity index (χ4n) is 1.75. The fourth-order valence-corrected chi connectivity index (χ4v) is 1.94. The van der Waals surface area contributed by atoms with Crippen LogP contribution in [0.5, 0.6) is 11.5 Å². The summed E-state index contributed by atoms with van der Waals surface area (Å²) in [5, 5.41) is 0.642. The SMILES string of the molecule is COc1cc(C)ccc1OCc1cc(Cl)ccc1N. The Labute approximate surface area is 117 Å². The molecule has 2 rings (SSSR count). The zero-order valence-corrected chi connectivity index (χ0v) is 11.7. The highest BCUT2D eigenvalue weighted by atomic mass is 35.5. The molecule has 0 radical (unpaired) electrons. The maximum Gasteiger partial charge on any atom is 0.161 e. The first kappa shape index (κ1) is 13.6. The summed E-state index contributed by atoms with van der Waals surface area (Å²) in [6, 6.07) is 11.1. The molecule has 0 spiro atoms. The molecule has 4 heteroatoms. The van der Waals surface area contributed by atoms with Crippen molar-refractivity contribution in [3.05, 3.63) is 52.5 Å². The molecule has 100 valence electrons. The van der Waals surface area contributed by atoms with Gasteiger partial charge in [-0.1, -0.05) is 17.7 Å². The van der Waals surface area contributed by atoms with Gasteiger partial charge in [-0.2, -0.15) is 0 Å². The first-order chi connectivity index (χ1) is 9.10. The predicted octanol–water partition coefficient (Wildman–Crippen LogP) is 3.82. The summed E-state index contributed by atoms with van der Waals surface area (Å²) in [5.74, 6) is 1.40. The van der Waals surface area contributed by atoms with Crippen LogP contribution < -0.4 is 15.2 Å². The minimum Gasteiger partial charge on any atom is -0.493 e. The Kier molecular flexibility index (Phi) is 4.17. The molecule has 3 nitrogen and oxygen atoms in total. The van der Waals surface area contributed by atoms with E-state index in [9.17, 15) is 0 Å². The molecule has 0 unspecified atom stereocenters. The van der Waals surface area contributed by atoms with Crippen LogP contribution in [0.15, 0.2) is 36.4 Å². The van der Waals surface area contributed by atoms with Crippen LogP contribution in [0.1, 0.15) is 11.1 Å². The zero-order valence-electron chi connectivity index (χ0n) is 10.9. The highest BCUT2D eigenvalue weighted by molar-refractivity contribution is 6.30. The molecule has 19 heavy (non-hydrogen) atoms. The summed E-state index contributed by atoms with van der Waals surface area (Å²) in [7, 11) is 1.62. The largest absolute Gasteiger partial charge is 0.493 e. The van der Waals surface area contributed by atoms with Gasteiger partial charge in [0.05, 0.1) is 7.11 Å². The lowest BCUT2D eigenvalue weighted by Gasteiger charge is -2.12. The van der Waals surface area contributed by atoms with Crippen molar-refractivity contribution < 1.29 is 9.47 Å². The van der Waals surface area contributed by atoms with Crippen molar-refractivity contribution in [2.45, 2.75) is 13.5 Å². The van der Waals surface area contributed by atoms with Crippen molar-refractivity contribution in [1.29, 1.82) is 0 Å². The molecular weight excluding hydrogens is 262 g/mol. The van der Waals surface area contributed by atoms with Gasteiger partial charge in [-0.3, -0.25) is 0 Å². The molecule has 0 heterocycles. The molecule has 0 aliphatic rings. The van der Waals surface area contributed by atoms with E-state index in [0.29, 0.717) is 28.8 Å². The highest BCUT2D eigenvalue weighted by Gasteiger charge is 2.06.